The maximum atomic E-state index is 9.80. The van der Waals surface area contributed by atoms with E-state index in [4.69, 9.17) is 14.0 Å². The fourth-order valence-electron chi connectivity index (χ4n) is 1.65. The zero-order chi connectivity index (χ0) is 13.8. The lowest BCUT2D eigenvalue weighted by molar-refractivity contribution is 0.340. The predicted octanol–water partition coefficient (Wildman–Crippen LogP) is 2.88. The third kappa shape index (κ3) is 2.88. The van der Waals surface area contributed by atoms with E-state index in [0.29, 0.717) is 17.3 Å². The van der Waals surface area contributed by atoms with E-state index < -0.39 is 0 Å². The summed E-state index contributed by atoms with van der Waals surface area (Å²) in [6, 6.07) is 5.24. The number of ether oxygens (including phenoxy) is 2. The van der Waals surface area contributed by atoms with Gasteiger partial charge in [0, 0.05) is 6.07 Å². The van der Waals surface area contributed by atoms with Crippen LogP contribution in [0.15, 0.2) is 22.7 Å². The molecular formula is C14H15NO4. The average Bonchev–Trinajstić information content (AvgIpc) is 2.83. The molecule has 1 heterocycles. The number of phenolic OH excluding ortho intramolecular Hbond substituents is 1. The van der Waals surface area contributed by atoms with Gasteiger partial charge in [-0.25, -0.2) is 0 Å². The molecule has 0 aliphatic rings. The van der Waals surface area contributed by atoms with Crippen LogP contribution in [-0.2, 0) is 0 Å². The van der Waals surface area contributed by atoms with Crippen LogP contribution in [0.1, 0.15) is 17.0 Å². The molecule has 0 aliphatic heterocycles. The summed E-state index contributed by atoms with van der Waals surface area (Å²) in [7, 11) is 2.98. The number of phenols is 1. The zero-order valence-electron chi connectivity index (χ0n) is 11.0. The Morgan fingerprint density at radius 3 is 2.21 bits per heavy atom. The maximum Gasteiger partial charge on any atom is 0.200 e. The first-order chi connectivity index (χ1) is 9.13. The van der Waals surface area contributed by atoms with Gasteiger partial charge in [-0.3, -0.25) is 0 Å². The summed E-state index contributed by atoms with van der Waals surface area (Å²) in [6.07, 6.45) is 3.61. The van der Waals surface area contributed by atoms with E-state index >= 15 is 0 Å². The van der Waals surface area contributed by atoms with E-state index in [9.17, 15) is 5.11 Å². The van der Waals surface area contributed by atoms with E-state index in [2.05, 4.69) is 5.16 Å². The Morgan fingerprint density at radius 1 is 1.11 bits per heavy atom. The summed E-state index contributed by atoms with van der Waals surface area (Å²) in [4.78, 5) is 0. The number of rotatable bonds is 4. The topological polar surface area (TPSA) is 64.7 Å². The quantitative estimate of drug-likeness (QED) is 0.916. The fraction of sp³-hybridized carbons (Fsp3) is 0.214. The van der Waals surface area contributed by atoms with Gasteiger partial charge in [0.1, 0.15) is 0 Å². The first-order valence-electron chi connectivity index (χ1n) is 5.70. The smallest absolute Gasteiger partial charge is 0.200 e. The average molecular weight is 261 g/mol. The third-order valence-corrected chi connectivity index (χ3v) is 2.59. The van der Waals surface area contributed by atoms with Crippen molar-refractivity contribution in [3.63, 3.8) is 0 Å². The molecule has 0 fully saturated rings. The van der Waals surface area contributed by atoms with Crippen LogP contribution in [0, 0.1) is 6.92 Å². The molecule has 0 atom stereocenters. The van der Waals surface area contributed by atoms with Gasteiger partial charge in [-0.05, 0) is 30.7 Å². The van der Waals surface area contributed by atoms with Crippen LogP contribution in [0.4, 0.5) is 0 Å². The van der Waals surface area contributed by atoms with Gasteiger partial charge in [0.25, 0.3) is 0 Å². The van der Waals surface area contributed by atoms with Crippen molar-refractivity contribution in [2.45, 2.75) is 6.92 Å². The predicted molar refractivity (Wildman–Crippen MR) is 71.4 cm³/mol. The highest BCUT2D eigenvalue weighted by Crippen LogP contribution is 2.37. The Labute approximate surface area is 111 Å². The molecule has 0 saturated heterocycles. The number of nitrogens with zero attached hydrogens (tertiary/aromatic N) is 1. The molecule has 1 aromatic heterocycles. The van der Waals surface area contributed by atoms with Crippen LogP contribution in [0.3, 0.4) is 0 Å². The number of hydrogen-bond donors (Lipinski definition) is 1. The summed E-state index contributed by atoms with van der Waals surface area (Å²) in [5.41, 5.74) is 1.64. The lowest BCUT2D eigenvalue weighted by Crippen LogP contribution is -1.90. The molecule has 0 spiro atoms. The van der Waals surface area contributed by atoms with Crippen LogP contribution >= 0.6 is 0 Å². The van der Waals surface area contributed by atoms with Gasteiger partial charge in [0.05, 0.1) is 19.9 Å². The van der Waals surface area contributed by atoms with Gasteiger partial charge < -0.3 is 19.1 Å². The van der Waals surface area contributed by atoms with Gasteiger partial charge in [0.2, 0.25) is 5.75 Å². The Hall–Kier alpha value is -2.43. The lowest BCUT2D eigenvalue weighted by atomic mass is 10.1. The molecule has 0 aliphatic carbocycles. The van der Waals surface area contributed by atoms with Crippen LogP contribution in [0.5, 0.6) is 17.2 Å². The van der Waals surface area contributed by atoms with Crippen molar-refractivity contribution in [2.75, 3.05) is 14.2 Å². The highest BCUT2D eigenvalue weighted by molar-refractivity contribution is 5.71. The monoisotopic (exact) mass is 261 g/mol. The molecule has 1 aromatic carbocycles. The number of aromatic nitrogens is 1. The highest BCUT2D eigenvalue weighted by Gasteiger charge is 2.09. The molecule has 0 saturated carbocycles. The molecule has 0 bridgehead atoms. The van der Waals surface area contributed by atoms with Gasteiger partial charge in [0.15, 0.2) is 17.3 Å². The molecule has 19 heavy (non-hydrogen) atoms. The molecule has 2 aromatic rings. The van der Waals surface area contributed by atoms with E-state index in [1.165, 1.54) is 14.2 Å². The van der Waals surface area contributed by atoms with Crippen molar-refractivity contribution in [3.8, 4) is 17.2 Å². The first-order valence-corrected chi connectivity index (χ1v) is 5.70. The Morgan fingerprint density at radius 2 is 1.74 bits per heavy atom. The highest BCUT2D eigenvalue weighted by atomic mass is 16.5. The van der Waals surface area contributed by atoms with E-state index in [-0.39, 0.29) is 5.75 Å². The molecule has 5 heteroatoms. The van der Waals surface area contributed by atoms with E-state index in [0.717, 1.165) is 11.3 Å². The summed E-state index contributed by atoms with van der Waals surface area (Å²) >= 11 is 0. The minimum atomic E-state index is -0.0161. The minimum Gasteiger partial charge on any atom is -0.502 e. The molecule has 5 nitrogen and oxygen atoms in total. The standard InChI is InChI=1S/C14H15NO4/c1-9-6-11(19-15-9)5-4-10-7-12(17-2)14(16)13(8-10)18-3/h4-8,16H,1-3H3. The molecule has 0 amide bonds. The normalized spacial score (nSPS) is 10.9. The fourth-order valence-corrected chi connectivity index (χ4v) is 1.65. The summed E-state index contributed by atoms with van der Waals surface area (Å²) in [5, 5.41) is 13.6. The van der Waals surface area contributed by atoms with Crippen LogP contribution in [0.2, 0.25) is 0 Å². The minimum absolute atomic E-state index is 0.0161. The molecular weight excluding hydrogens is 246 g/mol. The first kappa shape index (κ1) is 13.0. The second kappa shape index (κ2) is 5.48. The van der Waals surface area contributed by atoms with Crippen LogP contribution in [0.25, 0.3) is 12.2 Å². The molecule has 1 N–H and O–H groups in total. The molecule has 0 radical (unpaired) electrons. The summed E-state index contributed by atoms with van der Waals surface area (Å²) in [5.74, 6) is 1.35. The zero-order valence-corrected chi connectivity index (χ0v) is 11.0. The van der Waals surface area contributed by atoms with Gasteiger partial charge >= 0.3 is 0 Å². The number of hydrogen-bond acceptors (Lipinski definition) is 5. The van der Waals surface area contributed by atoms with Crippen molar-refractivity contribution >= 4 is 12.2 Å². The molecule has 100 valence electrons. The Kier molecular flexibility index (Phi) is 3.75. The summed E-state index contributed by atoms with van der Waals surface area (Å²) in [6.45, 7) is 1.85. The Balaban J connectivity index is 2.32. The largest absolute Gasteiger partial charge is 0.502 e. The summed E-state index contributed by atoms with van der Waals surface area (Å²) < 4.78 is 15.2. The molecule has 2 rings (SSSR count). The Bertz CT molecular complexity index is 576. The third-order valence-electron chi connectivity index (χ3n) is 2.59. The van der Waals surface area contributed by atoms with Crippen molar-refractivity contribution in [1.29, 1.82) is 0 Å². The number of aryl methyl sites for hydroxylation is 1. The number of aromatic hydroxyl groups is 1. The van der Waals surface area contributed by atoms with Gasteiger partial charge in [-0.1, -0.05) is 11.2 Å². The van der Waals surface area contributed by atoms with Gasteiger partial charge in [-0.15, -0.1) is 0 Å². The molecule has 0 unspecified atom stereocenters. The second-order valence-corrected chi connectivity index (χ2v) is 3.98. The number of benzene rings is 1. The maximum absolute atomic E-state index is 9.80. The van der Waals surface area contributed by atoms with Crippen molar-refractivity contribution in [1.82, 2.24) is 5.16 Å². The van der Waals surface area contributed by atoms with Crippen molar-refractivity contribution in [2.24, 2.45) is 0 Å². The van der Waals surface area contributed by atoms with Crippen LogP contribution < -0.4 is 9.47 Å². The van der Waals surface area contributed by atoms with Crippen molar-refractivity contribution < 1.29 is 19.1 Å². The van der Waals surface area contributed by atoms with Gasteiger partial charge in [-0.2, -0.15) is 0 Å². The second-order valence-electron chi connectivity index (χ2n) is 3.98. The lowest BCUT2D eigenvalue weighted by Gasteiger charge is -2.09. The number of methoxy groups -OCH3 is 2. The van der Waals surface area contributed by atoms with Crippen molar-refractivity contribution in [3.05, 3.63) is 35.2 Å². The SMILES string of the molecule is COc1cc(C=Cc2cc(C)no2)cc(OC)c1O. The van der Waals surface area contributed by atoms with E-state index in [1.807, 2.05) is 19.1 Å². The van der Waals surface area contributed by atoms with Crippen LogP contribution in [-0.4, -0.2) is 24.5 Å². The van der Waals surface area contributed by atoms with E-state index in [1.54, 1.807) is 18.2 Å².